The van der Waals surface area contributed by atoms with E-state index in [0.717, 1.165) is 17.8 Å². The van der Waals surface area contributed by atoms with Crippen molar-refractivity contribution < 1.29 is 27.8 Å². The van der Waals surface area contributed by atoms with Gasteiger partial charge in [0.25, 0.3) is 0 Å². The van der Waals surface area contributed by atoms with Crippen LogP contribution >= 0.6 is 0 Å². The smallest absolute Gasteiger partial charge is 0.406 e. The lowest BCUT2D eigenvalue weighted by Crippen LogP contribution is -2.37. The number of hydrogen-bond donors (Lipinski definition) is 2. The number of hydrogen-bond acceptors (Lipinski definition) is 4. The number of aliphatic hydroxyl groups is 1. The standard InChI is InChI=1S/C18H19F3N2O3/c1-23(14-5-3-2-4-6-14)12-17(25)22-11-16(24)13-7-9-15(10-8-13)26-18(19,20)21/h2-10,16,24H,11-12H2,1H3,(H,22,25). The number of alkyl halides is 3. The van der Waals surface area contributed by atoms with E-state index in [1.54, 1.807) is 11.9 Å². The lowest BCUT2D eigenvalue weighted by Gasteiger charge is -2.19. The van der Waals surface area contributed by atoms with Crippen LogP contribution in [-0.4, -0.2) is 37.5 Å². The quantitative estimate of drug-likeness (QED) is 0.789. The van der Waals surface area contributed by atoms with Crippen molar-refractivity contribution in [3.8, 4) is 5.75 Å². The second kappa shape index (κ2) is 8.57. The zero-order valence-corrected chi connectivity index (χ0v) is 14.0. The molecular weight excluding hydrogens is 349 g/mol. The summed E-state index contributed by atoms with van der Waals surface area (Å²) in [4.78, 5) is 13.7. The van der Waals surface area contributed by atoms with E-state index in [2.05, 4.69) is 10.1 Å². The maximum Gasteiger partial charge on any atom is 0.573 e. The highest BCUT2D eigenvalue weighted by Crippen LogP contribution is 2.24. The van der Waals surface area contributed by atoms with Gasteiger partial charge in [-0.1, -0.05) is 30.3 Å². The number of rotatable bonds is 7. The largest absolute Gasteiger partial charge is 0.573 e. The number of anilines is 1. The van der Waals surface area contributed by atoms with Gasteiger partial charge >= 0.3 is 6.36 Å². The molecule has 0 spiro atoms. The highest BCUT2D eigenvalue weighted by molar-refractivity contribution is 5.81. The van der Waals surface area contributed by atoms with E-state index in [1.165, 1.54) is 12.1 Å². The first kappa shape index (κ1) is 19.6. The topological polar surface area (TPSA) is 61.8 Å². The molecule has 0 heterocycles. The van der Waals surface area contributed by atoms with E-state index in [-0.39, 0.29) is 24.7 Å². The minimum Gasteiger partial charge on any atom is -0.406 e. The number of para-hydroxylation sites is 1. The van der Waals surface area contributed by atoms with Crippen molar-refractivity contribution in [1.29, 1.82) is 0 Å². The van der Waals surface area contributed by atoms with Gasteiger partial charge in [0, 0.05) is 19.3 Å². The Morgan fingerprint density at radius 3 is 2.35 bits per heavy atom. The lowest BCUT2D eigenvalue weighted by molar-refractivity contribution is -0.274. The van der Waals surface area contributed by atoms with E-state index in [9.17, 15) is 23.1 Å². The summed E-state index contributed by atoms with van der Waals surface area (Å²) in [5, 5.41) is 12.6. The van der Waals surface area contributed by atoms with Crippen LogP contribution in [0, 0.1) is 0 Å². The number of ether oxygens (including phenoxy) is 1. The summed E-state index contributed by atoms with van der Waals surface area (Å²) in [6.45, 7) is 0.0516. The first-order valence-corrected chi connectivity index (χ1v) is 7.81. The SMILES string of the molecule is CN(CC(=O)NCC(O)c1ccc(OC(F)(F)F)cc1)c1ccccc1. The molecule has 1 atom stereocenters. The highest BCUT2D eigenvalue weighted by Gasteiger charge is 2.31. The maximum atomic E-state index is 12.1. The van der Waals surface area contributed by atoms with Crippen LogP contribution in [0.1, 0.15) is 11.7 Å². The zero-order chi connectivity index (χ0) is 19.2. The number of likely N-dealkylation sites (N-methyl/N-ethyl adjacent to an activating group) is 1. The van der Waals surface area contributed by atoms with Gasteiger partial charge in [-0.05, 0) is 29.8 Å². The van der Waals surface area contributed by atoms with Gasteiger partial charge in [0.15, 0.2) is 0 Å². The van der Waals surface area contributed by atoms with Crippen LogP contribution in [0.3, 0.4) is 0 Å². The van der Waals surface area contributed by atoms with Crippen LogP contribution in [0.2, 0.25) is 0 Å². The Bertz CT molecular complexity index is 706. The van der Waals surface area contributed by atoms with Crippen molar-refractivity contribution in [3.63, 3.8) is 0 Å². The van der Waals surface area contributed by atoms with Crippen LogP contribution in [0.5, 0.6) is 5.75 Å². The van der Waals surface area contributed by atoms with E-state index in [4.69, 9.17) is 0 Å². The highest BCUT2D eigenvalue weighted by atomic mass is 19.4. The van der Waals surface area contributed by atoms with Gasteiger partial charge in [-0.2, -0.15) is 0 Å². The summed E-state index contributed by atoms with van der Waals surface area (Å²) >= 11 is 0. The third-order valence-corrected chi connectivity index (χ3v) is 3.57. The molecule has 1 unspecified atom stereocenters. The molecule has 2 aromatic rings. The van der Waals surface area contributed by atoms with Crippen LogP contribution in [0.4, 0.5) is 18.9 Å². The number of benzene rings is 2. The molecule has 1 amide bonds. The second-order valence-electron chi connectivity index (χ2n) is 5.63. The molecular formula is C18H19F3N2O3. The molecule has 0 fully saturated rings. The average molecular weight is 368 g/mol. The molecule has 8 heteroatoms. The average Bonchev–Trinajstić information content (AvgIpc) is 2.59. The summed E-state index contributed by atoms with van der Waals surface area (Å²) in [6, 6.07) is 14.2. The van der Waals surface area contributed by atoms with Gasteiger partial charge < -0.3 is 20.1 Å². The van der Waals surface area contributed by atoms with Crippen LogP contribution in [-0.2, 0) is 4.79 Å². The second-order valence-corrected chi connectivity index (χ2v) is 5.63. The fourth-order valence-electron chi connectivity index (χ4n) is 2.27. The molecule has 0 bridgehead atoms. The van der Waals surface area contributed by atoms with Crippen molar-refractivity contribution >= 4 is 11.6 Å². The monoisotopic (exact) mass is 368 g/mol. The minimum absolute atomic E-state index is 0.0546. The van der Waals surface area contributed by atoms with Crippen molar-refractivity contribution in [2.75, 3.05) is 25.0 Å². The first-order valence-electron chi connectivity index (χ1n) is 7.81. The Hall–Kier alpha value is -2.74. The molecule has 26 heavy (non-hydrogen) atoms. The molecule has 2 aromatic carbocycles. The summed E-state index contributed by atoms with van der Waals surface area (Å²) in [6.07, 6.45) is -5.81. The Morgan fingerprint density at radius 2 is 1.77 bits per heavy atom. The number of nitrogens with one attached hydrogen (secondary N) is 1. The van der Waals surface area contributed by atoms with Gasteiger partial charge in [0.05, 0.1) is 12.6 Å². The Morgan fingerprint density at radius 1 is 1.15 bits per heavy atom. The third kappa shape index (κ3) is 6.29. The van der Waals surface area contributed by atoms with Gasteiger partial charge in [-0.15, -0.1) is 13.2 Å². The van der Waals surface area contributed by atoms with Crippen molar-refractivity contribution in [2.45, 2.75) is 12.5 Å². The first-order chi connectivity index (χ1) is 12.2. The van der Waals surface area contributed by atoms with Crippen LogP contribution < -0.4 is 15.0 Å². The Labute approximate surface area is 149 Å². The molecule has 2 rings (SSSR count). The Balaban J connectivity index is 1.82. The summed E-state index contributed by atoms with van der Waals surface area (Å²) < 4.78 is 40.1. The Kier molecular flexibility index (Phi) is 6.46. The third-order valence-electron chi connectivity index (χ3n) is 3.57. The molecule has 0 saturated heterocycles. The molecule has 0 aliphatic carbocycles. The fraction of sp³-hybridized carbons (Fsp3) is 0.278. The molecule has 0 aromatic heterocycles. The molecule has 0 aliphatic heterocycles. The number of halogens is 3. The zero-order valence-electron chi connectivity index (χ0n) is 14.0. The number of aliphatic hydroxyl groups excluding tert-OH is 1. The summed E-state index contributed by atoms with van der Waals surface area (Å²) in [5.41, 5.74) is 1.25. The molecule has 0 aliphatic rings. The van der Waals surface area contributed by atoms with Crippen molar-refractivity contribution in [3.05, 3.63) is 60.2 Å². The maximum absolute atomic E-state index is 12.1. The molecule has 2 N–H and O–H groups in total. The molecule has 140 valence electrons. The summed E-state index contributed by atoms with van der Waals surface area (Å²) in [7, 11) is 1.77. The molecule has 0 saturated carbocycles. The van der Waals surface area contributed by atoms with Crippen molar-refractivity contribution in [1.82, 2.24) is 5.32 Å². The predicted molar refractivity (Wildman–Crippen MR) is 90.8 cm³/mol. The van der Waals surface area contributed by atoms with Crippen LogP contribution in [0.15, 0.2) is 54.6 Å². The van der Waals surface area contributed by atoms with E-state index in [0.29, 0.717) is 5.56 Å². The van der Waals surface area contributed by atoms with Crippen LogP contribution in [0.25, 0.3) is 0 Å². The number of carbonyl (C=O) groups is 1. The molecule has 0 radical (unpaired) electrons. The van der Waals surface area contributed by atoms with Gasteiger partial charge in [-0.3, -0.25) is 4.79 Å². The fourth-order valence-corrected chi connectivity index (χ4v) is 2.27. The van der Waals surface area contributed by atoms with E-state index < -0.39 is 12.5 Å². The van der Waals surface area contributed by atoms with Crippen molar-refractivity contribution in [2.24, 2.45) is 0 Å². The number of carbonyl (C=O) groups excluding carboxylic acids is 1. The minimum atomic E-state index is -4.76. The van der Waals surface area contributed by atoms with Gasteiger partial charge in [-0.25, -0.2) is 0 Å². The number of nitrogens with zero attached hydrogens (tertiary/aromatic N) is 1. The molecule has 5 nitrogen and oxygen atoms in total. The van der Waals surface area contributed by atoms with E-state index >= 15 is 0 Å². The normalized spacial score (nSPS) is 12.3. The summed E-state index contributed by atoms with van der Waals surface area (Å²) in [5.74, 6) is -0.658. The predicted octanol–water partition coefficient (Wildman–Crippen LogP) is 2.87. The lowest BCUT2D eigenvalue weighted by atomic mass is 10.1. The number of amides is 1. The van der Waals surface area contributed by atoms with Gasteiger partial charge in [0.1, 0.15) is 5.75 Å². The van der Waals surface area contributed by atoms with E-state index in [1.807, 2.05) is 30.3 Å². The van der Waals surface area contributed by atoms with Gasteiger partial charge in [0.2, 0.25) is 5.91 Å².